The number of benzene rings is 2. The van der Waals surface area contributed by atoms with Crippen molar-refractivity contribution in [2.75, 3.05) is 27.3 Å². The van der Waals surface area contributed by atoms with Crippen LogP contribution in [0, 0.1) is 35.5 Å². The first-order chi connectivity index (χ1) is 29.9. The average molecular weight is 841 g/mol. The second-order valence-corrected chi connectivity index (χ2v) is 16.9. The SMILES string of the molecule is COC(=O)N[C@H](C(=O)N1CCC[C@H]1c1ncc(C#Cc2cc3ccc2CCc2ccc(c(C#Cc4cnc([C@@H]5CCCN5C(=O)[C@@H](NC(=O)OC)C(C)C)[nH]4)c2)CC3)[nH]1)C(C)C. The molecule has 0 unspecified atom stereocenters. The molecule has 4 aromatic rings. The van der Waals surface area contributed by atoms with E-state index in [0.717, 1.165) is 73.6 Å². The summed E-state index contributed by atoms with van der Waals surface area (Å²) in [5.74, 6) is 14.3. The van der Waals surface area contributed by atoms with Crippen molar-refractivity contribution < 1.29 is 28.7 Å². The van der Waals surface area contributed by atoms with Crippen LogP contribution in [0.2, 0.25) is 0 Å². The number of methoxy groups -OCH3 is 2. The molecular weight excluding hydrogens is 785 g/mol. The number of carbonyl (C=O) groups excluding carboxylic acids is 4. The van der Waals surface area contributed by atoms with Crippen molar-refractivity contribution in [3.63, 3.8) is 0 Å². The lowest BCUT2D eigenvalue weighted by Gasteiger charge is -2.29. The fraction of sp³-hybridized carbons (Fsp3) is 0.458. The number of hydrogen-bond donors (Lipinski definition) is 4. The third kappa shape index (κ3) is 9.97. The smallest absolute Gasteiger partial charge is 0.407 e. The summed E-state index contributed by atoms with van der Waals surface area (Å²) in [6.07, 6.45) is 8.62. The van der Waals surface area contributed by atoms with Gasteiger partial charge in [-0.2, -0.15) is 0 Å². The molecule has 2 aromatic heterocycles. The Balaban J connectivity index is 1.03. The molecular formula is C48H56N8O6. The summed E-state index contributed by atoms with van der Waals surface area (Å²) in [6.45, 7) is 8.76. The van der Waals surface area contributed by atoms with Gasteiger partial charge >= 0.3 is 12.2 Å². The zero-order valence-corrected chi connectivity index (χ0v) is 36.4. The predicted octanol–water partition coefficient (Wildman–Crippen LogP) is 5.90. The Morgan fingerprint density at radius 2 is 1.06 bits per heavy atom. The zero-order valence-electron chi connectivity index (χ0n) is 36.4. The minimum Gasteiger partial charge on any atom is -0.453 e. The van der Waals surface area contributed by atoms with Crippen LogP contribution >= 0.6 is 0 Å². The van der Waals surface area contributed by atoms with Crippen molar-refractivity contribution in [1.29, 1.82) is 0 Å². The molecule has 62 heavy (non-hydrogen) atoms. The Hall–Kier alpha value is -6.54. The molecule has 14 heteroatoms. The van der Waals surface area contributed by atoms with Crippen molar-refractivity contribution in [3.8, 4) is 23.7 Å². The summed E-state index contributed by atoms with van der Waals surface area (Å²) in [4.78, 5) is 70.8. The van der Waals surface area contributed by atoms with Gasteiger partial charge in [-0.1, -0.05) is 63.8 Å². The molecule has 4 N–H and O–H groups in total. The lowest BCUT2D eigenvalue weighted by Crippen LogP contribution is -2.51. The molecule has 14 nitrogen and oxygen atoms in total. The van der Waals surface area contributed by atoms with Crippen molar-refractivity contribution >= 4 is 24.0 Å². The Bertz CT molecular complexity index is 2260. The van der Waals surface area contributed by atoms with E-state index in [1.165, 1.54) is 25.3 Å². The van der Waals surface area contributed by atoms with E-state index in [2.05, 4.69) is 90.6 Å². The molecule has 4 aliphatic carbocycles. The molecule has 4 amide bonds. The first-order valence-electron chi connectivity index (χ1n) is 21.6. The second-order valence-electron chi connectivity index (χ2n) is 16.9. The van der Waals surface area contributed by atoms with Crippen molar-refractivity contribution in [1.82, 2.24) is 40.4 Å². The largest absolute Gasteiger partial charge is 0.453 e. The van der Waals surface area contributed by atoms with E-state index in [1.807, 2.05) is 27.7 Å². The maximum absolute atomic E-state index is 13.6. The van der Waals surface area contributed by atoms with Crippen LogP contribution in [-0.4, -0.2) is 93.1 Å². The summed E-state index contributed by atoms with van der Waals surface area (Å²) >= 11 is 0. The second kappa shape index (κ2) is 19.4. The summed E-state index contributed by atoms with van der Waals surface area (Å²) in [7, 11) is 2.58. The zero-order chi connectivity index (χ0) is 43.9. The number of aryl methyl sites for hydroxylation is 4. The van der Waals surface area contributed by atoms with Crippen LogP contribution in [0.4, 0.5) is 9.59 Å². The van der Waals surface area contributed by atoms with Gasteiger partial charge in [0.2, 0.25) is 11.8 Å². The molecule has 0 saturated carbocycles. The third-order valence-corrected chi connectivity index (χ3v) is 12.1. The maximum atomic E-state index is 13.6. The molecule has 6 aliphatic rings. The molecule has 2 aliphatic heterocycles. The number of aromatic nitrogens is 4. The number of nitrogens with one attached hydrogen (secondary N) is 4. The standard InChI is InChI=1S/C48H56N8O6/c1-29(2)41(53-47(59)61-5)45(57)55-23-7-9-39(55)43-49-27-37(51-43)21-19-35-25-31-11-15-33(35)17-13-32-12-16-34(18-14-31)36(26-32)20-22-38-28-50-44(52-38)40-10-8-24-56(40)46(58)42(30(3)4)54-48(60)62-6/h11-12,15-16,25-30,39-42H,7-10,13-14,17-18,23-24H2,1-6H3,(H,49,51)(H,50,52)(H,53,59)(H,54,60)/t39-,40-,41-,42-/m0/s1. The highest BCUT2D eigenvalue weighted by Gasteiger charge is 2.39. The molecule has 2 saturated heterocycles. The monoisotopic (exact) mass is 840 g/mol. The Morgan fingerprint density at radius 1 is 0.645 bits per heavy atom. The number of carbonyl (C=O) groups is 4. The number of ether oxygens (including phenoxy) is 2. The molecule has 0 radical (unpaired) electrons. The minimum atomic E-state index is -0.699. The molecule has 4 bridgehead atoms. The number of hydrogen-bond acceptors (Lipinski definition) is 8. The first kappa shape index (κ1) is 43.5. The van der Waals surface area contributed by atoms with Gasteiger partial charge in [0.25, 0.3) is 0 Å². The Morgan fingerprint density at radius 3 is 1.45 bits per heavy atom. The van der Waals surface area contributed by atoms with E-state index < -0.39 is 24.3 Å². The number of nitrogens with zero attached hydrogens (tertiary/aromatic N) is 4. The number of imidazole rings is 2. The molecule has 0 spiro atoms. The van der Waals surface area contributed by atoms with Gasteiger partial charge in [0.05, 0.1) is 38.7 Å². The van der Waals surface area contributed by atoms with E-state index in [0.29, 0.717) is 36.1 Å². The normalized spacial score (nSPS) is 17.9. The quantitative estimate of drug-likeness (QED) is 0.159. The average Bonchev–Trinajstić information content (AvgIpc) is 4.11. The van der Waals surface area contributed by atoms with Crippen molar-refractivity contribution in [2.45, 2.75) is 103 Å². The lowest BCUT2D eigenvalue weighted by atomic mass is 9.91. The van der Waals surface area contributed by atoms with Crippen LogP contribution in [0.1, 0.15) is 122 Å². The molecule has 4 heterocycles. The summed E-state index contributed by atoms with van der Waals surface area (Å²) < 4.78 is 9.54. The predicted molar refractivity (Wildman–Crippen MR) is 233 cm³/mol. The number of likely N-dealkylation sites (tertiary alicyclic amines) is 2. The number of rotatable bonds is 8. The first-order valence-corrected chi connectivity index (χ1v) is 21.6. The van der Waals surface area contributed by atoms with Gasteiger partial charge in [0.15, 0.2) is 0 Å². The molecule has 2 aromatic carbocycles. The third-order valence-electron chi connectivity index (χ3n) is 12.1. The Labute approximate surface area is 363 Å². The highest BCUT2D eigenvalue weighted by molar-refractivity contribution is 5.87. The van der Waals surface area contributed by atoms with E-state index in [-0.39, 0.29) is 35.7 Å². The topological polar surface area (TPSA) is 175 Å². The van der Waals surface area contributed by atoms with Gasteiger partial charge in [0, 0.05) is 24.2 Å². The molecule has 10 rings (SSSR count). The van der Waals surface area contributed by atoms with Gasteiger partial charge in [-0.3, -0.25) is 9.59 Å². The Kier molecular flexibility index (Phi) is 13.7. The van der Waals surface area contributed by atoms with E-state index in [9.17, 15) is 19.2 Å². The number of alkyl carbamates (subject to hydrolysis) is 2. The highest BCUT2D eigenvalue weighted by atomic mass is 16.5. The molecule has 4 atom stereocenters. The summed E-state index contributed by atoms with van der Waals surface area (Å²) in [6, 6.07) is 11.3. The van der Waals surface area contributed by atoms with Crippen molar-refractivity contribution in [3.05, 3.63) is 105 Å². The number of amides is 4. The summed E-state index contributed by atoms with van der Waals surface area (Å²) in [5.41, 5.74) is 8.00. The lowest BCUT2D eigenvalue weighted by molar-refractivity contribution is -0.136. The molecule has 324 valence electrons. The van der Waals surface area contributed by atoms with Gasteiger partial charge in [0.1, 0.15) is 35.1 Å². The highest BCUT2D eigenvalue weighted by Crippen LogP contribution is 2.33. The van der Waals surface area contributed by atoms with Gasteiger partial charge in [-0.05, 0) is 109 Å². The van der Waals surface area contributed by atoms with Gasteiger partial charge < -0.3 is 39.9 Å². The van der Waals surface area contributed by atoms with E-state index in [4.69, 9.17) is 9.47 Å². The van der Waals surface area contributed by atoms with Crippen LogP contribution in [0.3, 0.4) is 0 Å². The van der Waals surface area contributed by atoms with E-state index in [1.54, 1.807) is 22.2 Å². The maximum Gasteiger partial charge on any atom is 0.407 e. The van der Waals surface area contributed by atoms with Crippen LogP contribution in [0.15, 0.2) is 48.8 Å². The fourth-order valence-electron chi connectivity index (χ4n) is 8.58. The number of H-pyrrole nitrogens is 2. The van der Waals surface area contributed by atoms with E-state index >= 15 is 0 Å². The van der Waals surface area contributed by atoms with Crippen LogP contribution < -0.4 is 10.6 Å². The van der Waals surface area contributed by atoms with Crippen LogP contribution in [0.25, 0.3) is 0 Å². The molecule has 2 fully saturated rings. The number of aromatic amines is 2. The van der Waals surface area contributed by atoms with Crippen molar-refractivity contribution in [2.24, 2.45) is 11.8 Å². The van der Waals surface area contributed by atoms with Crippen LogP contribution in [-0.2, 0) is 44.7 Å². The van der Waals surface area contributed by atoms with Crippen LogP contribution in [0.5, 0.6) is 0 Å². The van der Waals surface area contributed by atoms with Gasteiger partial charge in [-0.15, -0.1) is 0 Å². The fourth-order valence-corrected chi connectivity index (χ4v) is 8.58. The van der Waals surface area contributed by atoms with Gasteiger partial charge in [-0.25, -0.2) is 19.6 Å². The minimum absolute atomic E-state index is 0.114. The summed E-state index contributed by atoms with van der Waals surface area (Å²) in [5, 5.41) is 5.40.